The largest absolute Gasteiger partial charge is 0.339 e. The van der Waals surface area contributed by atoms with Gasteiger partial charge in [-0.1, -0.05) is 43.3 Å². The lowest BCUT2D eigenvalue weighted by Gasteiger charge is -2.18. The number of carbonyl (C=O) groups excluding carboxylic acids is 1. The molecule has 1 amide bonds. The Hall–Kier alpha value is -1.57. The summed E-state index contributed by atoms with van der Waals surface area (Å²) in [5.74, 6) is 0.213. The first-order valence-corrected chi connectivity index (χ1v) is 6.19. The van der Waals surface area contributed by atoms with Gasteiger partial charge in [0.1, 0.15) is 0 Å². The van der Waals surface area contributed by atoms with E-state index in [1.54, 1.807) is 0 Å². The molecule has 0 fully saturated rings. The average Bonchev–Trinajstić information content (AvgIpc) is 2.39. The number of rotatable bonds is 5. The number of amides is 1. The molecule has 1 aromatic carbocycles. The fourth-order valence-electron chi connectivity index (χ4n) is 1.70. The summed E-state index contributed by atoms with van der Waals surface area (Å²) in [7, 11) is 0. The minimum absolute atomic E-state index is 0.213. The standard InChI is InChI=1S/C15H21NO/c1-4-15(17)16(5-2)12-11-13(3)14-9-7-6-8-10-14/h6-11H,4-5,12H2,1-3H3. The molecule has 0 aliphatic carbocycles. The van der Waals surface area contributed by atoms with Gasteiger partial charge in [-0.25, -0.2) is 0 Å². The van der Waals surface area contributed by atoms with Crippen molar-refractivity contribution in [3.8, 4) is 0 Å². The number of likely N-dealkylation sites (N-methyl/N-ethyl adjacent to an activating group) is 1. The van der Waals surface area contributed by atoms with Gasteiger partial charge < -0.3 is 4.90 Å². The van der Waals surface area contributed by atoms with Crippen LogP contribution in [0, 0.1) is 0 Å². The molecule has 2 nitrogen and oxygen atoms in total. The highest BCUT2D eigenvalue weighted by Gasteiger charge is 2.06. The zero-order valence-corrected chi connectivity index (χ0v) is 10.9. The molecule has 0 aromatic heterocycles. The van der Waals surface area contributed by atoms with E-state index in [1.165, 1.54) is 11.1 Å². The lowest BCUT2D eigenvalue weighted by atomic mass is 10.1. The normalized spacial score (nSPS) is 11.4. The van der Waals surface area contributed by atoms with Crippen LogP contribution in [0.1, 0.15) is 32.8 Å². The molecule has 0 N–H and O–H groups in total. The minimum Gasteiger partial charge on any atom is -0.339 e. The lowest BCUT2D eigenvalue weighted by Crippen LogP contribution is -2.30. The quantitative estimate of drug-likeness (QED) is 0.761. The molecule has 0 saturated heterocycles. The van der Waals surface area contributed by atoms with Gasteiger partial charge in [-0.3, -0.25) is 4.79 Å². The van der Waals surface area contributed by atoms with E-state index in [4.69, 9.17) is 0 Å². The molecule has 0 heterocycles. The number of carbonyl (C=O) groups is 1. The third kappa shape index (κ3) is 4.06. The lowest BCUT2D eigenvalue weighted by molar-refractivity contribution is -0.130. The maximum atomic E-state index is 11.6. The third-order valence-electron chi connectivity index (χ3n) is 2.88. The zero-order chi connectivity index (χ0) is 12.7. The van der Waals surface area contributed by atoms with Crippen molar-refractivity contribution < 1.29 is 4.79 Å². The highest BCUT2D eigenvalue weighted by Crippen LogP contribution is 2.12. The number of hydrogen-bond acceptors (Lipinski definition) is 1. The van der Waals surface area contributed by atoms with Crippen LogP contribution in [0.25, 0.3) is 5.57 Å². The van der Waals surface area contributed by atoms with E-state index in [9.17, 15) is 4.79 Å². The molecule has 92 valence electrons. The first-order valence-electron chi connectivity index (χ1n) is 6.19. The first-order chi connectivity index (χ1) is 8.19. The van der Waals surface area contributed by atoms with Crippen molar-refractivity contribution in [2.75, 3.05) is 13.1 Å². The Kier molecular flexibility index (Phi) is 5.47. The summed E-state index contributed by atoms with van der Waals surface area (Å²) < 4.78 is 0. The number of benzene rings is 1. The van der Waals surface area contributed by atoms with E-state index in [2.05, 4.69) is 25.1 Å². The highest BCUT2D eigenvalue weighted by atomic mass is 16.2. The second kappa shape index (κ2) is 6.89. The Balaban J connectivity index is 2.67. The van der Waals surface area contributed by atoms with E-state index >= 15 is 0 Å². The van der Waals surface area contributed by atoms with E-state index < -0.39 is 0 Å². The molecule has 2 heteroatoms. The Bertz CT molecular complexity index is 381. The van der Waals surface area contributed by atoms with Gasteiger partial charge in [-0.2, -0.15) is 0 Å². The van der Waals surface area contributed by atoms with Crippen LogP contribution in [-0.2, 0) is 4.79 Å². The van der Waals surface area contributed by atoms with Crippen LogP contribution in [0.4, 0.5) is 0 Å². The van der Waals surface area contributed by atoms with Gasteiger partial charge in [0.2, 0.25) is 5.91 Å². The van der Waals surface area contributed by atoms with Gasteiger partial charge in [0.25, 0.3) is 0 Å². The molecule has 0 bridgehead atoms. The second-order valence-electron chi connectivity index (χ2n) is 4.04. The Morgan fingerprint density at radius 2 is 1.88 bits per heavy atom. The van der Waals surface area contributed by atoms with Crippen molar-refractivity contribution in [2.45, 2.75) is 27.2 Å². The van der Waals surface area contributed by atoms with Crippen molar-refractivity contribution in [3.63, 3.8) is 0 Å². The molecular formula is C15H21NO. The second-order valence-corrected chi connectivity index (χ2v) is 4.04. The molecule has 0 aliphatic rings. The van der Waals surface area contributed by atoms with E-state index in [-0.39, 0.29) is 5.91 Å². The monoisotopic (exact) mass is 231 g/mol. The summed E-state index contributed by atoms with van der Waals surface area (Å²) in [6.07, 6.45) is 2.69. The molecule has 0 saturated carbocycles. The smallest absolute Gasteiger partial charge is 0.222 e. The van der Waals surface area contributed by atoms with Gasteiger partial charge in [-0.05, 0) is 25.0 Å². The molecule has 17 heavy (non-hydrogen) atoms. The Morgan fingerprint density at radius 1 is 1.24 bits per heavy atom. The average molecular weight is 231 g/mol. The van der Waals surface area contributed by atoms with Gasteiger partial charge >= 0.3 is 0 Å². The fraction of sp³-hybridized carbons (Fsp3) is 0.400. The third-order valence-corrected chi connectivity index (χ3v) is 2.88. The van der Waals surface area contributed by atoms with Gasteiger partial charge in [0.15, 0.2) is 0 Å². The van der Waals surface area contributed by atoms with Crippen LogP contribution in [0.15, 0.2) is 36.4 Å². The maximum Gasteiger partial charge on any atom is 0.222 e. The molecule has 0 aliphatic heterocycles. The molecule has 0 atom stereocenters. The molecule has 0 spiro atoms. The van der Waals surface area contributed by atoms with Crippen molar-refractivity contribution >= 4 is 11.5 Å². The van der Waals surface area contributed by atoms with Crippen LogP contribution in [-0.4, -0.2) is 23.9 Å². The van der Waals surface area contributed by atoms with Crippen molar-refractivity contribution in [1.82, 2.24) is 4.90 Å². The molecule has 0 unspecified atom stereocenters. The van der Waals surface area contributed by atoms with Crippen molar-refractivity contribution in [1.29, 1.82) is 0 Å². The minimum atomic E-state index is 0.213. The zero-order valence-electron chi connectivity index (χ0n) is 10.9. The SMILES string of the molecule is CCC(=O)N(CC)CC=C(C)c1ccccc1. The van der Waals surface area contributed by atoms with Gasteiger partial charge in [-0.15, -0.1) is 0 Å². The van der Waals surface area contributed by atoms with E-state index in [0.29, 0.717) is 13.0 Å². The van der Waals surface area contributed by atoms with Gasteiger partial charge in [0, 0.05) is 19.5 Å². The predicted octanol–water partition coefficient (Wildman–Crippen LogP) is 3.35. The molecule has 0 radical (unpaired) electrons. The molecular weight excluding hydrogens is 210 g/mol. The fourth-order valence-corrected chi connectivity index (χ4v) is 1.70. The van der Waals surface area contributed by atoms with E-state index in [1.807, 2.05) is 36.9 Å². The van der Waals surface area contributed by atoms with Crippen molar-refractivity contribution in [2.24, 2.45) is 0 Å². The van der Waals surface area contributed by atoms with Crippen molar-refractivity contribution in [3.05, 3.63) is 42.0 Å². The summed E-state index contributed by atoms with van der Waals surface area (Å²) in [5.41, 5.74) is 2.43. The summed E-state index contributed by atoms with van der Waals surface area (Å²) in [6.45, 7) is 7.47. The first kappa shape index (κ1) is 13.5. The summed E-state index contributed by atoms with van der Waals surface area (Å²) in [6, 6.07) is 10.2. The number of nitrogens with zero attached hydrogens (tertiary/aromatic N) is 1. The van der Waals surface area contributed by atoms with Gasteiger partial charge in [0.05, 0.1) is 0 Å². The maximum absolute atomic E-state index is 11.6. The molecule has 1 rings (SSSR count). The molecule has 1 aromatic rings. The number of allylic oxidation sites excluding steroid dienone is 1. The summed E-state index contributed by atoms with van der Waals surface area (Å²) in [5, 5.41) is 0. The van der Waals surface area contributed by atoms with Crippen LogP contribution >= 0.6 is 0 Å². The van der Waals surface area contributed by atoms with Crippen LogP contribution < -0.4 is 0 Å². The van der Waals surface area contributed by atoms with Crippen LogP contribution in [0.5, 0.6) is 0 Å². The van der Waals surface area contributed by atoms with Crippen LogP contribution in [0.3, 0.4) is 0 Å². The topological polar surface area (TPSA) is 20.3 Å². The van der Waals surface area contributed by atoms with E-state index in [0.717, 1.165) is 6.54 Å². The Labute approximate surface area is 104 Å². The summed E-state index contributed by atoms with van der Waals surface area (Å²) >= 11 is 0. The Morgan fingerprint density at radius 3 is 2.41 bits per heavy atom. The van der Waals surface area contributed by atoms with Crippen LogP contribution in [0.2, 0.25) is 0 Å². The number of hydrogen-bond donors (Lipinski definition) is 0. The predicted molar refractivity (Wildman–Crippen MR) is 72.6 cm³/mol. The summed E-state index contributed by atoms with van der Waals surface area (Å²) in [4.78, 5) is 13.5. The highest BCUT2D eigenvalue weighted by molar-refractivity contribution is 5.76.